The van der Waals surface area contributed by atoms with Crippen molar-refractivity contribution in [3.8, 4) is 11.1 Å². The monoisotopic (exact) mass is 622 g/mol. The number of hydrogen-bond acceptors (Lipinski definition) is 2. The first-order valence-corrected chi connectivity index (χ1v) is 18.0. The number of rotatable bonds is 14. The van der Waals surface area contributed by atoms with Crippen LogP contribution in [0.25, 0.3) is 63.6 Å². The molecule has 2 aliphatic rings. The highest BCUT2D eigenvalue weighted by Crippen LogP contribution is 2.33. The molecule has 2 aliphatic heterocycles. The summed E-state index contributed by atoms with van der Waals surface area (Å²) in [6.07, 6.45) is 24.4. The Morgan fingerprint density at radius 2 is 0.915 bits per heavy atom. The quantitative estimate of drug-likeness (QED) is 0.119. The smallest absolute Gasteiger partial charge is 0.0737 e. The lowest BCUT2D eigenvalue weighted by atomic mass is 10.0. The Morgan fingerprint density at radius 1 is 0.511 bits per heavy atom. The van der Waals surface area contributed by atoms with Gasteiger partial charge in [-0.3, -0.25) is 0 Å². The van der Waals surface area contributed by atoms with E-state index in [1.54, 1.807) is 0 Å². The first-order valence-electron chi connectivity index (χ1n) is 18.0. The van der Waals surface area contributed by atoms with Crippen LogP contribution >= 0.6 is 0 Å². The molecule has 0 saturated carbocycles. The van der Waals surface area contributed by atoms with Gasteiger partial charge < -0.3 is 9.97 Å². The Kier molecular flexibility index (Phi) is 10.7. The van der Waals surface area contributed by atoms with Crippen molar-refractivity contribution in [3.63, 3.8) is 0 Å². The molecule has 0 unspecified atom stereocenters. The van der Waals surface area contributed by atoms with Gasteiger partial charge in [-0.05, 0) is 98.2 Å². The standard InChI is InChI=1S/C43H50N4/c1-5-9-12-15-32-35-22-24-37(44-35)33(16-13-10-6-2)39-26-28-41(46-39)43(31-20-18-30(8-4)19-21-31)42-29-27-40(47-42)34(17-14-11-7-3)38-25-23-36(32)45-38/h8,18-29,44,47H,4-7,9-17H2,1-3H3. The van der Waals surface area contributed by atoms with E-state index in [0.29, 0.717) is 0 Å². The van der Waals surface area contributed by atoms with Crippen LogP contribution < -0.4 is 0 Å². The molecule has 3 aromatic heterocycles. The molecule has 6 rings (SSSR count). The van der Waals surface area contributed by atoms with E-state index in [0.717, 1.165) is 89.0 Å². The predicted octanol–water partition coefficient (Wildman–Crippen LogP) is 12.2. The second-order valence-corrected chi connectivity index (χ2v) is 13.0. The summed E-state index contributed by atoms with van der Waals surface area (Å²) in [5.41, 5.74) is 16.0. The maximum absolute atomic E-state index is 5.38. The molecule has 0 fully saturated rings. The van der Waals surface area contributed by atoms with Gasteiger partial charge in [-0.2, -0.15) is 0 Å². The summed E-state index contributed by atoms with van der Waals surface area (Å²) in [6.45, 7) is 10.8. The highest BCUT2D eigenvalue weighted by molar-refractivity contribution is 5.92. The third-order valence-corrected chi connectivity index (χ3v) is 9.61. The number of unbranched alkanes of at least 4 members (excludes halogenated alkanes) is 6. The average molecular weight is 623 g/mol. The minimum atomic E-state index is 0.986. The molecule has 4 nitrogen and oxygen atoms in total. The van der Waals surface area contributed by atoms with E-state index in [-0.39, 0.29) is 0 Å². The van der Waals surface area contributed by atoms with Gasteiger partial charge in [0.25, 0.3) is 0 Å². The molecule has 4 heteroatoms. The molecule has 8 bridgehead atoms. The van der Waals surface area contributed by atoms with E-state index in [1.165, 1.54) is 66.2 Å². The molecule has 0 spiro atoms. The Bertz CT molecular complexity index is 1920. The third kappa shape index (κ3) is 7.27. The summed E-state index contributed by atoms with van der Waals surface area (Å²) in [5.74, 6) is 0. The van der Waals surface area contributed by atoms with Crippen LogP contribution in [0.1, 0.15) is 124 Å². The predicted molar refractivity (Wildman–Crippen MR) is 204 cm³/mol. The molecule has 242 valence electrons. The SMILES string of the molecule is C=Cc1ccc(-c2c3nc(c(CCCCC)c4ccc([nH]4)c(CCCCC)c4nc(c(CCCCC)c5ccc2[nH]5)C=C4)C=C3)cc1. The minimum Gasteiger partial charge on any atom is -0.355 e. The summed E-state index contributed by atoms with van der Waals surface area (Å²) in [7, 11) is 0. The fraction of sp³-hybridized carbons (Fsp3) is 0.349. The van der Waals surface area contributed by atoms with Crippen molar-refractivity contribution in [2.24, 2.45) is 0 Å². The van der Waals surface area contributed by atoms with E-state index < -0.39 is 0 Å². The molecular weight excluding hydrogens is 573 g/mol. The van der Waals surface area contributed by atoms with E-state index in [2.05, 4.69) is 110 Å². The van der Waals surface area contributed by atoms with Crippen molar-refractivity contribution in [2.75, 3.05) is 0 Å². The number of hydrogen-bond donors (Lipinski definition) is 2. The summed E-state index contributed by atoms with van der Waals surface area (Å²) in [5, 5.41) is 0. The molecule has 2 N–H and O–H groups in total. The van der Waals surface area contributed by atoms with Crippen molar-refractivity contribution < 1.29 is 0 Å². The fourth-order valence-corrected chi connectivity index (χ4v) is 6.92. The maximum atomic E-state index is 5.38. The van der Waals surface area contributed by atoms with E-state index >= 15 is 0 Å². The largest absolute Gasteiger partial charge is 0.355 e. The minimum absolute atomic E-state index is 0.986. The van der Waals surface area contributed by atoms with Crippen molar-refractivity contribution >= 4 is 52.4 Å². The van der Waals surface area contributed by atoms with Crippen LogP contribution in [0.2, 0.25) is 0 Å². The van der Waals surface area contributed by atoms with Gasteiger partial charge in [0, 0.05) is 44.3 Å². The van der Waals surface area contributed by atoms with Gasteiger partial charge in [-0.1, -0.05) is 96.2 Å². The Morgan fingerprint density at radius 3 is 1.36 bits per heavy atom. The summed E-state index contributed by atoms with van der Waals surface area (Å²) < 4.78 is 0. The Balaban J connectivity index is 1.69. The van der Waals surface area contributed by atoms with Gasteiger partial charge in [0.05, 0.1) is 22.8 Å². The van der Waals surface area contributed by atoms with E-state index in [4.69, 9.17) is 9.97 Å². The zero-order valence-corrected chi connectivity index (χ0v) is 28.6. The molecule has 47 heavy (non-hydrogen) atoms. The first-order chi connectivity index (χ1) is 23.1. The number of nitrogens with zero attached hydrogens (tertiary/aromatic N) is 2. The van der Waals surface area contributed by atoms with Crippen LogP contribution in [0.4, 0.5) is 0 Å². The van der Waals surface area contributed by atoms with Crippen LogP contribution in [-0.2, 0) is 19.3 Å². The molecule has 5 heterocycles. The summed E-state index contributed by atoms with van der Waals surface area (Å²) in [6, 6.07) is 17.7. The highest BCUT2D eigenvalue weighted by atomic mass is 14.8. The topological polar surface area (TPSA) is 57.4 Å². The maximum Gasteiger partial charge on any atom is 0.0737 e. The highest BCUT2D eigenvalue weighted by Gasteiger charge is 2.17. The number of aromatic amines is 2. The summed E-state index contributed by atoms with van der Waals surface area (Å²) in [4.78, 5) is 18.5. The molecule has 0 aliphatic carbocycles. The number of nitrogens with one attached hydrogen (secondary N) is 2. The molecule has 0 amide bonds. The van der Waals surface area contributed by atoms with Crippen molar-refractivity contribution in [2.45, 2.75) is 97.8 Å². The molecule has 0 radical (unpaired) electrons. The van der Waals surface area contributed by atoms with Gasteiger partial charge >= 0.3 is 0 Å². The van der Waals surface area contributed by atoms with Crippen LogP contribution in [0, 0.1) is 0 Å². The number of benzene rings is 1. The Labute approximate surface area is 280 Å². The number of aryl methyl sites for hydroxylation is 3. The van der Waals surface area contributed by atoms with Gasteiger partial charge in [0.1, 0.15) is 0 Å². The van der Waals surface area contributed by atoms with Gasteiger partial charge in [0.15, 0.2) is 0 Å². The molecule has 0 saturated heterocycles. The number of H-pyrrole nitrogens is 2. The second kappa shape index (κ2) is 15.4. The van der Waals surface area contributed by atoms with Crippen molar-refractivity contribution in [3.05, 3.63) is 100 Å². The van der Waals surface area contributed by atoms with Crippen LogP contribution in [0.3, 0.4) is 0 Å². The average Bonchev–Trinajstić information content (AvgIpc) is 3.93. The van der Waals surface area contributed by atoms with Gasteiger partial charge in [-0.25, -0.2) is 9.97 Å². The number of fused-ring (bicyclic) bond motifs is 8. The van der Waals surface area contributed by atoms with Gasteiger partial charge in [-0.15, -0.1) is 0 Å². The molecule has 0 atom stereocenters. The zero-order chi connectivity index (χ0) is 32.6. The third-order valence-electron chi connectivity index (χ3n) is 9.61. The Hall–Kier alpha value is -4.44. The first kappa shape index (κ1) is 32.5. The van der Waals surface area contributed by atoms with Crippen LogP contribution in [0.5, 0.6) is 0 Å². The van der Waals surface area contributed by atoms with Gasteiger partial charge in [0.2, 0.25) is 0 Å². The zero-order valence-electron chi connectivity index (χ0n) is 28.6. The van der Waals surface area contributed by atoms with Crippen molar-refractivity contribution in [1.82, 2.24) is 19.9 Å². The number of aromatic nitrogens is 4. The lowest BCUT2D eigenvalue weighted by molar-refractivity contribution is 0.715. The lowest BCUT2D eigenvalue weighted by Crippen LogP contribution is -1.95. The molecule has 1 aromatic carbocycles. The fourth-order valence-electron chi connectivity index (χ4n) is 6.92. The van der Waals surface area contributed by atoms with Crippen LogP contribution in [0.15, 0.2) is 55.1 Å². The normalized spacial score (nSPS) is 12.2. The van der Waals surface area contributed by atoms with E-state index in [1.807, 2.05) is 6.08 Å². The lowest BCUT2D eigenvalue weighted by Gasteiger charge is -2.07. The molecule has 4 aromatic rings. The van der Waals surface area contributed by atoms with Crippen molar-refractivity contribution in [1.29, 1.82) is 0 Å². The molecular formula is C43H50N4. The van der Waals surface area contributed by atoms with E-state index in [9.17, 15) is 0 Å². The second-order valence-electron chi connectivity index (χ2n) is 13.0. The summed E-state index contributed by atoms with van der Waals surface area (Å²) >= 11 is 0. The van der Waals surface area contributed by atoms with Crippen LogP contribution in [-0.4, -0.2) is 19.9 Å².